The summed E-state index contributed by atoms with van der Waals surface area (Å²) in [5.74, 6) is -0.740. The van der Waals surface area contributed by atoms with Crippen molar-refractivity contribution in [3.05, 3.63) is 102 Å². The van der Waals surface area contributed by atoms with Crippen LogP contribution in [0.15, 0.2) is 84.9 Å². The first-order valence-corrected chi connectivity index (χ1v) is 10.7. The number of rotatable bonds is 7. The van der Waals surface area contributed by atoms with Crippen LogP contribution in [-0.2, 0) is 4.79 Å². The minimum atomic E-state index is -1.02. The molecule has 0 atom stereocenters. The lowest BCUT2D eigenvalue weighted by molar-refractivity contribution is -0.135. The van der Waals surface area contributed by atoms with Crippen molar-refractivity contribution in [1.82, 2.24) is 9.80 Å². The first-order chi connectivity index (χ1) is 15.6. The Kier molecular flexibility index (Phi) is 6.82. The van der Waals surface area contributed by atoms with Crippen LogP contribution in [0.1, 0.15) is 27.5 Å². The number of piperazine rings is 1. The van der Waals surface area contributed by atoms with Crippen molar-refractivity contribution in [1.29, 1.82) is 0 Å². The molecule has 6 nitrogen and oxygen atoms in total. The third kappa shape index (κ3) is 5.15. The predicted molar refractivity (Wildman–Crippen MR) is 122 cm³/mol. The second-order valence-electron chi connectivity index (χ2n) is 7.76. The number of ether oxygens (including phenoxy) is 1. The number of hydrogen-bond donors (Lipinski definition) is 1. The topological polar surface area (TPSA) is 70.1 Å². The van der Waals surface area contributed by atoms with E-state index in [-0.39, 0.29) is 24.1 Å². The summed E-state index contributed by atoms with van der Waals surface area (Å²) < 4.78 is 5.56. The van der Waals surface area contributed by atoms with Gasteiger partial charge in [-0.2, -0.15) is 0 Å². The lowest BCUT2D eigenvalue weighted by Crippen LogP contribution is -2.51. The molecule has 3 aromatic rings. The Morgan fingerprint density at radius 2 is 1.41 bits per heavy atom. The summed E-state index contributed by atoms with van der Waals surface area (Å²) in [4.78, 5) is 28.0. The van der Waals surface area contributed by atoms with Gasteiger partial charge in [0, 0.05) is 26.2 Å². The van der Waals surface area contributed by atoms with E-state index in [0.29, 0.717) is 18.8 Å². The summed E-state index contributed by atoms with van der Waals surface area (Å²) >= 11 is 0. The van der Waals surface area contributed by atoms with Crippen molar-refractivity contribution in [2.45, 2.75) is 6.04 Å². The fourth-order valence-corrected chi connectivity index (χ4v) is 4.07. The van der Waals surface area contributed by atoms with Crippen LogP contribution >= 0.6 is 0 Å². The van der Waals surface area contributed by atoms with E-state index in [0.717, 1.165) is 13.1 Å². The number of hydrogen-bond acceptors (Lipinski definition) is 4. The van der Waals surface area contributed by atoms with Crippen LogP contribution in [0.25, 0.3) is 0 Å². The first kappa shape index (κ1) is 21.6. The van der Waals surface area contributed by atoms with E-state index in [1.54, 1.807) is 12.1 Å². The molecular formula is C26H26N2O4. The Bertz CT molecular complexity index is 1010. The van der Waals surface area contributed by atoms with E-state index in [4.69, 9.17) is 9.84 Å². The molecular weight excluding hydrogens is 404 g/mol. The van der Waals surface area contributed by atoms with Crippen LogP contribution in [0.3, 0.4) is 0 Å². The van der Waals surface area contributed by atoms with Gasteiger partial charge >= 0.3 is 5.97 Å². The zero-order valence-corrected chi connectivity index (χ0v) is 17.8. The minimum Gasteiger partial charge on any atom is -0.484 e. The van der Waals surface area contributed by atoms with Gasteiger partial charge in [0.25, 0.3) is 5.91 Å². The van der Waals surface area contributed by atoms with Crippen molar-refractivity contribution in [2.24, 2.45) is 0 Å². The number of carboxylic acid groups (broad SMARTS) is 1. The first-order valence-electron chi connectivity index (χ1n) is 10.7. The molecule has 1 N–H and O–H groups in total. The van der Waals surface area contributed by atoms with Gasteiger partial charge in [-0.25, -0.2) is 4.79 Å². The lowest BCUT2D eigenvalue weighted by atomic mass is 9.96. The maximum Gasteiger partial charge on any atom is 0.335 e. The predicted octanol–water partition coefficient (Wildman–Crippen LogP) is 3.70. The number of carbonyl (C=O) groups is 2. The Morgan fingerprint density at radius 3 is 1.97 bits per heavy atom. The van der Waals surface area contributed by atoms with Crippen molar-refractivity contribution in [3.63, 3.8) is 0 Å². The molecule has 1 aliphatic rings. The molecule has 0 spiro atoms. The molecule has 1 aliphatic heterocycles. The minimum absolute atomic E-state index is 0.0960. The standard InChI is InChI=1S/C26H26N2O4/c29-24(19-32-23-13-7-12-22(18-23)26(30)31)27-14-16-28(17-15-27)25(20-8-3-1-4-9-20)21-10-5-2-6-11-21/h1-13,18,25H,14-17,19H2,(H,30,31). The quantitative estimate of drug-likeness (QED) is 0.619. The Hall–Kier alpha value is -3.64. The van der Waals surface area contributed by atoms with Gasteiger partial charge < -0.3 is 14.7 Å². The van der Waals surface area contributed by atoms with E-state index in [9.17, 15) is 9.59 Å². The van der Waals surface area contributed by atoms with E-state index in [2.05, 4.69) is 53.4 Å². The average Bonchev–Trinajstić information content (AvgIpc) is 2.85. The zero-order chi connectivity index (χ0) is 22.3. The van der Waals surface area contributed by atoms with Gasteiger partial charge in [0.2, 0.25) is 0 Å². The van der Waals surface area contributed by atoms with E-state index < -0.39 is 5.97 Å². The van der Waals surface area contributed by atoms with Crippen LogP contribution < -0.4 is 4.74 Å². The Labute approximate surface area is 187 Å². The van der Waals surface area contributed by atoms with Gasteiger partial charge in [-0.1, -0.05) is 66.7 Å². The van der Waals surface area contributed by atoms with Crippen molar-refractivity contribution >= 4 is 11.9 Å². The Balaban J connectivity index is 1.37. The maximum atomic E-state index is 12.7. The van der Waals surface area contributed by atoms with Crippen LogP contribution in [0, 0.1) is 0 Å². The summed E-state index contributed by atoms with van der Waals surface area (Å²) in [6.45, 7) is 2.65. The monoisotopic (exact) mass is 430 g/mol. The van der Waals surface area contributed by atoms with Crippen molar-refractivity contribution < 1.29 is 19.4 Å². The van der Waals surface area contributed by atoms with Crippen molar-refractivity contribution in [2.75, 3.05) is 32.8 Å². The van der Waals surface area contributed by atoms with Crippen LogP contribution in [0.5, 0.6) is 5.75 Å². The lowest BCUT2D eigenvalue weighted by Gasteiger charge is -2.39. The molecule has 0 aromatic heterocycles. The summed E-state index contributed by atoms with van der Waals surface area (Å²) in [6, 6.07) is 27.2. The number of carbonyl (C=O) groups excluding carboxylic acids is 1. The second-order valence-corrected chi connectivity index (χ2v) is 7.76. The average molecular weight is 431 g/mol. The maximum absolute atomic E-state index is 12.7. The highest BCUT2D eigenvalue weighted by atomic mass is 16.5. The fraction of sp³-hybridized carbons (Fsp3) is 0.231. The summed E-state index contributed by atoms with van der Waals surface area (Å²) in [5.41, 5.74) is 2.61. The van der Waals surface area contributed by atoms with Crippen LogP contribution in [0.2, 0.25) is 0 Å². The fourth-order valence-electron chi connectivity index (χ4n) is 4.07. The largest absolute Gasteiger partial charge is 0.484 e. The molecule has 164 valence electrons. The molecule has 4 rings (SSSR count). The van der Waals surface area contributed by atoms with Gasteiger partial charge in [0.05, 0.1) is 11.6 Å². The molecule has 1 amide bonds. The third-order valence-electron chi connectivity index (χ3n) is 5.71. The van der Waals surface area contributed by atoms with Gasteiger partial charge in [-0.05, 0) is 29.3 Å². The summed E-state index contributed by atoms with van der Waals surface area (Å²) in [5, 5.41) is 9.09. The summed E-state index contributed by atoms with van der Waals surface area (Å²) in [6.07, 6.45) is 0. The second kappa shape index (κ2) is 10.1. The molecule has 0 bridgehead atoms. The normalized spacial score (nSPS) is 14.3. The molecule has 1 saturated heterocycles. The number of benzene rings is 3. The van der Waals surface area contributed by atoms with Gasteiger partial charge in [0.1, 0.15) is 5.75 Å². The van der Waals surface area contributed by atoms with Crippen LogP contribution in [-0.4, -0.2) is 59.6 Å². The van der Waals surface area contributed by atoms with E-state index in [1.807, 2.05) is 17.0 Å². The molecule has 0 aliphatic carbocycles. The smallest absolute Gasteiger partial charge is 0.335 e. The highest BCUT2D eigenvalue weighted by molar-refractivity contribution is 5.88. The van der Waals surface area contributed by atoms with Crippen molar-refractivity contribution in [3.8, 4) is 5.75 Å². The number of nitrogens with zero attached hydrogens (tertiary/aromatic N) is 2. The SMILES string of the molecule is O=C(O)c1cccc(OCC(=O)N2CCN(C(c3ccccc3)c3ccccc3)CC2)c1. The number of aromatic carboxylic acids is 1. The molecule has 6 heteroatoms. The van der Waals surface area contributed by atoms with Gasteiger partial charge in [-0.3, -0.25) is 9.69 Å². The molecule has 1 fully saturated rings. The molecule has 0 unspecified atom stereocenters. The highest BCUT2D eigenvalue weighted by Gasteiger charge is 2.28. The number of amides is 1. The van der Waals surface area contributed by atoms with Crippen LogP contribution in [0.4, 0.5) is 0 Å². The van der Waals surface area contributed by atoms with E-state index >= 15 is 0 Å². The number of carboxylic acids is 1. The third-order valence-corrected chi connectivity index (χ3v) is 5.71. The molecule has 3 aromatic carbocycles. The van der Waals surface area contributed by atoms with E-state index in [1.165, 1.54) is 23.3 Å². The Morgan fingerprint density at radius 1 is 0.812 bits per heavy atom. The van der Waals surface area contributed by atoms with Gasteiger partial charge in [0.15, 0.2) is 6.61 Å². The molecule has 0 radical (unpaired) electrons. The highest BCUT2D eigenvalue weighted by Crippen LogP contribution is 2.29. The molecule has 32 heavy (non-hydrogen) atoms. The van der Waals surface area contributed by atoms with Gasteiger partial charge in [-0.15, -0.1) is 0 Å². The molecule has 1 heterocycles. The summed E-state index contributed by atoms with van der Waals surface area (Å²) in [7, 11) is 0. The molecule has 0 saturated carbocycles. The zero-order valence-electron chi connectivity index (χ0n) is 17.8.